The van der Waals surface area contributed by atoms with E-state index in [9.17, 15) is 14.4 Å². The van der Waals surface area contributed by atoms with Crippen LogP contribution in [0.4, 0.5) is 0 Å². The van der Waals surface area contributed by atoms with Crippen LogP contribution in [0.1, 0.15) is 12.0 Å². The molecule has 0 saturated carbocycles. The standard InChI is InChI=1S/C16H21N3O3/c20-13-18-8-10-19(11-9-18)16(22)12-15(21)17-7-6-14-4-2-1-3-5-14/h1-5,13H,6-12H2,(H,17,21). The Morgan fingerprint density at radius 3 is 2.41 bits per heavy atom. The average molecular weight is 303 g/mol. The van der Waals surface area contributed by atoms with Gasteiger partial charge in [0.1, 0.15) is 6.42 Å². The van der Waals surface area contributed by atoms with E-state index in [-0.39, 0.29) is 18.2 Å². The lowest BCUT2D eigenvalue weighted by Crippen LogP contribution is -2.49. The highest BCUT2D eigenvalue weighted by Crippen LogP contribution is 2.02. The van der Waals surface area contributed by atoms with Gasteiger partial charge in [-0.25, -0.2) is 0 Å². The van der Waals surface area contributed by atoms with Crippen LogP contribution < -0.4 is 5.32 Å². The summed E-state index contributed by atoms with van der Waals surface area (Å²) in [5.74, 6) is -0.429. The number of piperazine rings is 1. The van der Waals surface area contributed by atoms with Crippen LogP contribution >= 0.6 is 0 Å². The van der Waals surface area contributed by atoms with Gasteiger partial charge in [-0.1, -0.05) is 30.3 Å². The molecular formula is C16H21N3O3. The van der Waals surface area contributed by atoms with Gasteiger partial charge >= 0.3 is 0 Å². The van der Waals surface area contributed by atoms with Crippen molar-refractivity contribution in [2.24, 2.45) is 0 Å². The fourth-order valence-electron chi connectivity index (χ4n) is 2.38. The molecule has 0 radical (unpaired) electrons. The minimum atomic E-state index is -0.251. The van der Waals surface area contributed by atoms with Crippen molar-refractivity contribution < 1.29 is 14.4 Å². The van der Waals surface area contributed by atoms with E-state index >= 15 is 0 Å². The highest BCUT2D eigenvalue weighted by Gasteiger charge is 2.21. The van der Waals surface area contributed by atoms with Gasteiger partial charge in [0.25, 0.3) is 0 Å². The van der Waals surface area contributed by atoms with E-state index in [1.807, 2.05) is 30.3 Å². The van der Waals surface area contributed by atoms with Crippen molar-refractivity contribution >= 4 is 18.2 Å². The molecule has 6 nitrogen and oxygen atoms in total. The van der Waals surface area contributed by atoms with E-state index in [1.54, 1.807) is 9.80 Å². The molecule has 6 heteroatoms. The van der Waals surface area contributed by atoms with E-state index < -0.39 is 0 Å². The number of carbonyl (C=O) groups is 3. The molecule has 3 amide bonds. The Labute approximate surface area is 130 Å². The Bertz CT molecular complexity index is 511. The molecule has 0 aromatic heterocycles. The molecule has 0 unspecified atom stereocenters. The molecule has 1 aromatic carbocycles. The molecular weight excluding hydrogens is 282 g/mol. The van der Waals surface area contributed by atoms with Crippen LogP contribution in [0.25, 0.3) is 0 Å². The SMILES string of the molecule is O=CN1CCN(C(=O)CC(=O)NCCc2ccccc2)CC1. The van der Waals surface area contributed by atoms with Gasteiger partial charge in [-0.15, -0.1) is 0 Å². The van der Waals surface area contributed by atoms with E-state index in [2.05, 4.69) is 5.32 Å². The topological polar surface area (TPSA) is 69.7 Å². The zero-order chi connectivity index (χ0) is 15.8. The lowest BCUT2D eigenvalue weighted by molar-refractivity contribution is -0.138. The first-order valence-electron chi connectivity index (χ1n) is 7.47. The van der Waals surface area contributed by atoms with E-state index in [0.29, 0.717) is 32.7 Å². The van der Waals surface area contributed by atoms with Crippen molar-refractivity contribution in [2.45, 2.75) is 12.8 Å². The second-order valence-electron chi connectivity index (χ2n) is 5.28. The zero-order valence-corrected chi connectivity index (χ0v) is 12.5. The summed E-state index contributed by atoms with van der Waals surface area (Å²) >= 11 is 0. The maximum Gasteiger partial charge on any atom is 0.232 e. The maximum atomic E-state index is 12.0. The summed E-state index contributed by atoms with van der Waals surface area (Å²) in [5, 5.41) is 2.77. The maximum absolute atomic E-state index is 12.0. The number of rotatable bonds is 6. The summed E-state index contributed by atoms with van der Waals surface area (Å²) in [5.41, 5.74) is 1.15. The molecule has 1 N–H and O–H groups in total. The summed E-state index contributed by atoms with van der Waals surface area (Å²) in [6.07, 6.45) is 1.41. The Kier molecular flexibility index (Phi) is 5.94. The average Bonchev–Trinajstić information content (AvgIpc) is 2.56. The van der Waals surface area contributed by atoms with Crippen LogP contribution in [-0.2, 0) is 20.8 Å². The summed E-state index contributed by atoms with van der Waals surface area (Å²) < 4.78 is 0. The highest BCUT2D eigenvalue weighted by atomic mass is 16.2. The second kappa shape index (κ2) is 8.17. The summed E-state index contributed by atoms with van der Waals surface area (Å²) in [7, 11) is 0. The third-order valence-corrected chi connectivity index (χ3v) is 3.71. The normalized spacial score (nSPS) is 14.5. The summed E-state index contributed by atoms with van der Waals surface area (Å²) in [4.78, 5) is 37.6. The quantitative estimate of drug-likeness (QED) is 0.596. The Hall–Kier alpha value is -2.37. The van der Waals surface area contributed by atoms with Crippen molar-refractivity contribution in [3.8, 4) is 0 Å². The minimum absolute atomic E-state index is 0.129. The van der Waals surface area contributed by atoms with Gasteiger partial charge < -0.3 is 15.1 Å². The van der Waals surface area contributed by atoms with Gasteiger partial charge in [0.2, 0.25) is 18.2 Å². The first-order valence-corrected chi connectivity index (χ1v) is 7.47. The lowest BCUT2D eigenvalue weighted by Gasteiger charge is -2.32. The molecule has 0 spiro atoms. The molecule has 0 aliphatic carbocycles. The number of nitrogens with one attached hydrogen (secondary N) is 1. The second-order valence-corrected chi connectivity index (χ2v) is 5.28. The fraction of sp³-hybridized carbons (Fsp3) is 0.438. The number of hydrogen-bond donors (Lipinski definition) is 1. The predicted octanol–water partition coefficient (Wildman–Crippen LogP) is 0.0360. The van der Waals surface area contributed by atoms with E-state index in [4.69, 9.17) is 0 Å². The number of benzene rings is 1. The lowest BCUT2D eigenvalue weighted by atomic mass is 10.1. The minimum Gasteiger partial charge on any atom is -0.355 e. The molecule has 1 fully saturated rings. The predicted molar refractivity (Wildman–Crippen MR) is 82.0 cm³/mol. The smallest absolute Gasteiger partial charge is 0.232 e. The van der Waals surface area contributed by atoms with Gasteiger partial charge in [-0.3, -0.25) is 14.4 Å². The Morgan fingerprint density at radius 1 is 1.09 bits per heavy atom. The molecule has 1 heterocycles. The van der Waals surface area contributed by atoms with Crippen LogP contribution in [0.2, 0.25) is 0 Å². The van der Waals surface area contributed by atoms with E-state index in [0.717, 1.165) is 18.4 Å². The molecule has 22 heavy (non-hydrogen) atoms. The number of amides is 3. The van der Waals surface area contributed by atoms with Crippen molar-refractivity contribution in [1.82, 2.24) is 15.1 Å². The van der Waals surface area contributed by atoms with Gasteiger partial charge in [-0.2, -0.15) is 0 Å². The van der Waals surface area contributed by atoms with Gasteiger partial charge in [-0.05, 0) is 12.0 Å². The largest absolute Gasteiger partial charge is 0.355 e. The first-order chi connectivity index (χ1) is 10.7. The molecule has 2 rings (SSSR count). The monoisotopic (exact) mass is 303 g/mol. The highest BCUT2D eigenvalue weighted by molar-refractivity contribution is 5.96. The van der Waals surface area contributed by atoms with Crippen molar-refractivity contribution in [1.29, 1.82) is 0 Å². The molecule has 118 valence electrons. The summed E-state index contributed by atoms with van der Waals surface area (Å²) in [6.45, 7) is 2.58. The Balaban J connectivity index is 1.66. The van der Waals surface area contributed by atoms with E-state index in [1.165, 1.54) is 0 Å². The molecule has 0 atom stereocenters. The molecule has 1 aliphatic rings. The third-order valence-electron chi connectivity index (χ3n) is 3.71. The van der Waals surface area contributed by atoms with Crippen molar-refractivity contribution in [3.63, 3.8) is 0 Å². The van der Waals surface area contributed by atoms with Gasteiger partial charge in [0.05, 0.1) is 0 Å². The van der Waals surface area contributed by atoms with Crippen LogP contribution in [0.3, 0.4) is 0 Å². The summed E-state index contributed by atoms with van der Waals surface area (Å²) in [6, 6.07) is 9.87. The number of hydrogen-bond acceptors (Lipinski definition) is 3. The van der Waals surface area contributed by atoms with Crippen LogP contribution in [0.15, 0.2) is 30.3 Å². The fourth-order valence-corrected chi connectivity index (χ4v) is 2.38. The third kappa shape index (κ3) is 4.87. The molecule has 0 bridgehead atoms. The Morgan fingerprint density at radius 2 is 1.77 bits per heavy atom. The van der Waals surface area contributed by atoms with Crippen LogP contribution in [0, 0.1) is 0 Å². The zero-order valence-electron chi connectivity index (χ0n) is 12.5. The first kappa shape index (κ1) is 16.0. The van der Waals surface area contributed by atoms with Gasteiger partial charge in [0.15, 0.2) is 0 Å². The molecule has 1 saturated heterocycles. The molecule has 1 aromatic rings. The van der Waals surface area contributed by atoms with Crippen LogP contribution in [0.5, 0.6) is 0 Å². The van der Waals surface area contributed by atoms with Crippen molar-refractivity contribution in [3.05, 3.63) is 35.9 Å². The molecule has 1 aliphatic heterocycles. The van der Waals surface area contributed by atoms with Gasteiger partial charge in [0, 0.05) is 32.7 Å². The number of carbonyl (C=O) groups excluding carboxylic acids is 3. The van der Waals surface area contributed by atoms with Crippen LogP contribution in [-0.4, -0.2) is 60.7 Å². The number of nitrogens with zero attached hydrogens (tertiary/aromatic N) is 2. The van der Waals surface area contributed by atoms with Crippen molar-refractivity contribution in [2.75, 3.05) is 32.7 Å².